The van der Waals surface area contributed by atoms with Gasteiger partial charge in [0.05, 0.1) is 5.69 Å². The van der Waals surface area contributed by atoms with Gasteiger partial charge in [0.25, 0.3) is 0 Å². The number of pyridine rings is 1. The Morgan fingerprint density at radius 2 is 2.12 bits per heavy atom. The van der Waals surface area contributed by atoms with Crippen LogP contribution in [-0.2, 0) is 6.61 Å². The van der Waals surface area contributed by atoms with Gasteiger partial charge in [0.1, 0.15) is 18.1 Å². The van der Waals surface area contributed by atoms with Gasteiger partial charge in [-0.05, 0) is 40.2 Å². The molecular weight excluding hydrogens is 270 g/mol. The maximum absolute atomic E-state index is 9.24. The first-order chi connectivity index (χ1) is 7.74. The summed E-state index contributed by atoms with van der Waals surface area (Å²) < 4.78 is 6.41. The normalized spacial score (nSPS) is 10.1. The standard InChI is InChI=1S/C12H10BrNO2/c13-9-4-5-10(14-7-9)8-16-12-3-1-2-11(15)6-12/h1-7,15H,8H2. The van der Waals surface area contributed by atoms with Crippen LogP contribution in [-0.4, -0.2) is 10.1 Å². The molecule has 16 heavy (non-hydrogen) atoms. The largest absolute Gasteiger partial charge is 0.508 e. The highest BCUT2D eigenvalue weighted by molar-refractivity contribution is 9.10. The molecule has 0 aliphatic carbocycles. The zero-order chi connectivity index (χ0) is 11.4. The molecule has 1 N–H and O–H groups in total. The molecule has 1 aromatic carbocycles. The number of halogens is 1. The molecule has 0 saturated carbocycles. The Labute approximate surface area is 102 Å². The Bertz CT molecular complexity index is 471. The summed E-state index contributed by atoms with van der Waals surface area (Å²) in [6.07, 6.45) is 1.72. The smallest absolute Gasteiger partial charge is 0.130 e. The third kappa shape index (κ3) is 2.97. The van der Waals surface area contributed by atoms with Crippen LogP contribution in [0.4, 0.5) is 0 Å². The maximum atomic E-state index is 9.24. The van der Waals surface area contributed by atoms with Gasteiger partial charge in [0, 0.05) is 16.7 Å². The predicted octanol–water partition coefficient (Wildman–Crippen LogP) is 3.13. The molecule has 0 saturated heterocycles. The second-order valence-corrected chi connectivity index (χ2v) is 4.17. The van der Waals surface area contributed by atoms with Crippen molar-refractivity contribution in [3.05, 3.63) is 52.8 Å². The van der Waals surface area contributed by atoms with E-state index in [1.165, 1.54) is 0 Å². The van der Waals surface area contributed by atoms with Crippen molar-refractivity contribution < 1.29 is 9.84 Å². The van der Waals surface area contributed by atoms with E-state index in [1.807, 2.05) is 12.1 Å². The number of hydrogen-bond acceptors (Lipinski definition) is 3. The van der Waals surface area contributed by atoms with Crippen LogP contribution < -0.4 is 4.74 Å². The molecule has 2 rings (SSSR count). The monoisotopic (exact) mass is 279 g/mol. The number of rotatable bonds is 3. The first kappa shape index (κ1) is 11.0. The van der Waals surface area contributed by atoms with Crippen molar-refractivity contribution in [3.63, 3.8) is 0 Å². The molecule has 0 radical (unpaired) electrons. The van der Waals surface area contributed by atoms with Crippen LogP contribution in [0.25, 0.3) is 0 Å². The number of ether oxygens (including phenoxy) is 1. The minimum absolute atomic E-state index is 0.196. The van der Waals surface area contributed by atoms with Gasteiger partial charge in [-0.2, -0.15) is 0 Å². The topological polar surface area (TPSA) is 42.4 Å². The fraction of sp³-hybridized carbons (Fsp3) is 0.0833. The average Bonchev–Trinajstić information content (AvgIpc) is 2.28. The van der Waals surface area contributed by atoms with Gasteiger partial charge in [0.15, 0.2) is 0 Å². The van der Waals surface area contributed by atoms with E-state index in [9.17, 15) is 5.11 Å². The van der Waals surface area contributed by atoms with E-state index in [0.29, 0.717) is 12.4 Å². The molecule has 0 aliphatic rings. The molecule has 1 heterocycles. The summed E-state index contributed by atoms with van der Waals surface area (Å²) >= 11 is 3.31. The van der Waals surface area contributed by atoms with Crippen LogP contribution in [0.2, 0.25) is 0 Å². The highest BCUT2D eigenvalue weighted by Crippen LogP contribution is 2.18. The van der Waals surface area contributed by atoms with Crippen molar-refractivity contribution >= 4 is 15.9 Å². The molecule has 1 aromatic heterocycles. The lowest BCUT2D eigenvalue weighted by atomic mass is 10.3. The average molecular weight is 280 g/mol. The van der Waals surface area contributed by atoms with Crippen LogP contribution in [0.15, 0.2) is 47.1 Å². The summed E-state index contributed by atoms with van der Waals surface area (Å²) in [6.45, 7) is 0.386. The fourth-order valence-electron chi connectivity index (χ4n) is 1.22. The van der Waals surface area contributed by atoms with E-state index in [1.54, 1.807) is 30.5 Å². The SMILES string of the molecule is Oc1cccc(OCc2ccc(Br)cn2)c1. The minimum Gasteiger partial charge on any atom is -0.508 e. The van der Waals surface area contributed by atoms with E-state index < -0.39 is 0 Å². The maximum Gasteiger partial charge on any atom is 0.130 e. The second kappa shape index (κ2) is 4.99. The molecule has 3 nitrogen and oxygen atoms in total. The molecule has 2 aromatic rings. The minimum atomic E-state index is 0.196. The predicted molar refractivity (Wildman–Crippen MR) is 64.4 cm³/mol. The van der Waals surface area contributed by atoms with Crippen molar-refractivity contribution in [2.75, 3.05) is 0 Å². The van der Waals surface area contributed by atoms with Crippen LogP contribution in [0, 0.1) is 0 Å². The quantitative estimate of drug-likeness (QED) is 0.939. The number of aromatic nitrogens is 1. The van der Waals surface area contributed by atoms with Crippen LogP contribution >= 0.6 is 15.9 Å². The molecule has 0 amide bonds. The molecule has 0 atom stereocenters. The zero-order valence-electron chi connectivity index (χ0n) is 8.43. The van der Waals surface area contributed by atoms with Gasteiger partial charge in [0.2, 0.25) is 0 Å². The van der Waals surface area contributed by atoms with Gasteiger partial charge in [-0.1, -0.05) is 6.07 Å². The summed E-state index contributed by atoms with van der Waals surface area (Å²) in [6, 6.07) is 10.5. The lowest BCUT2D eigenvalue weighted by Crippen LogP contribution is -1.97. The van der Waals surface area contributed by atoms with Crippen molar-refractivity contribution in [2.45, 2.75) is 6.61 Å². The molecule has 0 spiro atoms. The molecule has 82 valence electrons. The Morgan fingerprint density at radius 3 is 2.81 bits per heavy atom. The van der Waals surface area contributed by atoms with Crippen molar-refractivity contribution in [1.29, 1.82) is 0 Å². The number of hydrogen-bond donors (Lipinski definition) is 1. The lowest BCUT2D eigenvalue weighted by Gasteiger charge is -2.05. The van der Waals surface area contributed by atoms with Crippen molar-refractivity contribution in [1.82, 2.24) is 4.98 Å². The Hall–Kier alpha value is -1.55. The first-order valence-corrected chi connectivity index (χ1v) is 5.55. The van der Waals surface area contributed by atoms with Crippen molar-refractivity contribution in [2.24, 2.45) is 0 Å². The van der Waals surface area contributed by atoms with Crippen LogP contribution in [0.1, 0.15) is 5.69 Å². The number of phenols is 1. The van der Waals surface area contributed by atoms with Gasteiger partial charge < -0.3 is 9.84 Å². The van der Waals surface area contributed by atoms with Gasteiger partial charge >= 0.3 is 0 Å². The second-order valence-electron chi connectivity index (χ2n) is 3.25. The van der Waals surface area contributed by atoms with E-state index >= 15 is 0 Å². The highest BCUT2D eigenvalue weighted by atomic mass is 79.9. The number of phenolic OH excluding ortho intramolecular Hbond substituents is 1. The third-order valence-electron chi connectivity index (χ3n) is 1.99. The van der Waals surface area contributed by atoms with E-state index in [4.69, 9.17) is 4.74 Å². The van der Waals surface area contributed by atoms with Gasteiger partial charge in [-0.15, -0.1) is 0 Å². The summed E-state index contributed by atoms with van der Waals surface area (Å²) in [5.41, 5.74) is 0.839. The first-order valence-electron chi connectivity index (χ1n) is 4.76. The van der Waals surface area contributed by atoms with Crippen LogP contribution in [0.5, 0.6) is 11.5 Å². The Balaban J connectivity index is 1.99. The Morgan fingerprint density at radius 1 is 1.25 bits per heavy atom. The molecule has 4 heteroatoms. The highest BCUT2D eigenvalue weighted by Gasteiger charge is 1.98. The summed E-state index contributed by atoms with van der Waals surface area (Å²) in [5.74, 6) is 0.825. The lowest BCUT2D eigenvalue weighted by molar-refractivity contribution is 0.299. The fourth-order valence-corrected chi connectivity index (χ4v) is 1.46. The molecule has 0 unspecified atom stereocenters. The van der Waals surface area contributed by atoms with E-state index in [0.717, 1.165) is 10.2 Å². The number of benzene rings is 1. The molecule has 0 bridgehead atoms. The number of aromatic hydroxyl groups is 1. The van der Waals surface area contributed by atoms with E-state index in [-0.39, 0.29) is 5.75 Å². The summed E-state index contributed by atoms with van der Waals surface area (Å²) in [7, 11) is 0. The zero-order valence-corrected chi connectivity index (χ0v) is 10.0. The van der Waals surface area contributed by atoms with E-state index in [2.05, 4.69) is 20.9 Å². The third-order valence-corrected chi connectivity index (χ3v) is 2.46. The van der Waals surface area contributed by atoms with Crippen molar-refractivity contribution in [3.8, 4) is 11.5 Å². The Kier molecular flexibility index (Phi) is 3.41. The van der Waals surface area contributed by atoms with Gasteiger partial charge in [-0.3, -0.25) is 4.98 Å². The molecular formula is C12H10BrNO2. The van der Waals surface area contributed by atoms with Gasteiger partial charge in [-0.25, -0.2) is 0 Å². The van der Waals surface area contributed by atoms with Crippen LogP contribution in [0.3, 0.4) is 0 Å². The molecule has 0 aliphatic heterocycles. The summed E-state index contributed by atoms with van der Waals surface area (Å²) in [4.78, 5) is 4.18. The molecule has 0 fully saturated rings. The summed E-state index contributed by atoms with van der Waals surface area (Å²) in [5, 5.41) is 9.24. The number of nitrogens with zero attached hydrogens (tertiary/aromatic N) is 1.